The lowest BCUT2D eigenvalue weighted by molar-refractivity contribution is -0.222. The molecule has 19 heavy (non-hydrogen) atoms. The first kappa shape index (κ1) is 13.7. The van der Waals surface area contributed by atoms with Gasteiger partial charge >= 0.3 is 5.97 Å². The molecule has 1 N–H and O–H groups in total. The molecule has 0 aromatic heterocycles. The van der Waals surface area contributed by atoms with E-state index in [2.05, 4.69) is 0 Å². The van der Waals surface area contributed by atoms with Crippen LogP contribution in [0.5, 0.6) is 0 Å². The van der Waals surface area contributed by atoms with E-state index < -0.39 is 11.8 Å². The Labute approximate surface area is 111 Å². The van der Waals surface area contributed by atoms with Crippen molar-refractivity contribution in [3.8, 4) is 0 Å². The normalized spacial score (nSPS) is 23.9. The third-order valence-corrected chi connectivity index (χ3v) is 3.12. The van der Waals surface area contributed by atoms with Gasteiger partial charge in [0.25, 0.3) is 11.7 Å². The van der Waals surface area contributed by atoms with Gasteiger partial charge in [-0.3, -0.25) is 9.69 Å². The van der Waals surface area contributed by atoms with Crippen LogP contribution in [0.15, 0.2) is 11.5 Å². The van der Waals surface area contributed by atoms with Crippen molar-refractivity contribution < 1.29 is 24.2 Å². The number of amides is 1. The summed E-state index contributed by atoms with van der Waals surface area (Å²) in [6.45, 7) is 5.88. The molecule has 7 heteroatoms. The molecule has 0 aromatic carbocycles. The first-order valence-electron chi connectivity index (χ1n) is 6.17. The van der Waals surface area contributed by atoms with Gasteiger partial charge in [0.05, 0.1) is 0 Å². The number of piperazine rings is 1. The van der Waals surface area contributed by atoms with Crippen LogP contribution in [0.25, 0.3) is 0 Å². The van der Waals surface area contributed by atoms with Gasteiger partial charge in [-0.05, 0) is 0 Å². The monoisotopic (exact) mass is 270 g/mol. The SMILES string of the molecule is CC1(C)OC(=O)C(CN2CCN(C=O)CC2)=C(O)O1. The van der Waals surface area contributed by atoms with Crippen LogP contribution in [0, 0.1) is 0 Å². The summed E-state index contributed by atoms with van der Waals surface area (Å²) >= 11 is 0. The molecular weight excluding hydrogens is 252 g/mol. The Morgan fingerprint density at radius 2 is 1.89 bits per heavy atom. The second kappa shape index (κ2) is 5.08. The number of hydrogen-bond donors (Lipinski definition) is 1. The maximum absolute atomic E-state index is 11.8. The topological polar surface area (TPSA) is 79.3 Å². The van der Waals surface area contributed by atoms with Crippen LogP contribution in [-0.4, -0.2) is 65.8 Å². The third-order valence-electron chi connectivity index (χ3n) is 3.12. The summed E-state index contributed by atoms with van der Waals surface area (Å²) in [5, 5.41) is 9.77. The van der Waals surface area contributed by atoms with E-state index in [1.165, 1.54) is 0 Å². The van der Waals surface area contributed by atoms with Gasteiger partial charge in [-0.1, -0.05) is 0 Å². The molecule has 0 unspecified atom stereocenters. The average Bonchev–Trinajstić information content (AvgIpc) is 2.33. The van der Waals surface area contributed by atoms with Crippen LogP contribution in [0.3, 0.4) is 0 Å². The van der Waals surface area contributed by atoms with E-state index in [9.17, 15) is 14.7 Å². The molecule has 2 heterocycles. The lowest BCUT2D eigenvalue weighted by Gasteiger charge is -2.35. The number of aliphatic hydroxyl groups excluding tert-OH is 1. The zero-order valence-electron chi connectivity index (χ0n) is 11.1. The quantitative estimate of drug-likeness (QED) is 0.567. The molecule has 0 aromatic rings. The minimum atomic E-state index is -1.14. The minimum absolute atomic E-state index is 0.124. The Balaban J connectivity index is 1.99. The Kier molecular flexibility index (Phi) is 3.66. The van der Waals surface area contributed by atoms with Crippen LogP contribution in [0.2, 0.25) is 0 Å². The summed E-state index contributed by atoms with van der Waals surface area (Å²) in [5.74, 6) is -2.08. The second-order valence-electron chi connectivity index (χ2n) is 5.09. The first-order valence-corrected chi connectivity index (χ1v) is 6.17. The minimum Gasteiger partial charge on any atom is -0.480 e. The van der Waals surface area contributed by atoms with Gasteiger partial charge < -0.3 is 19.5 Å². The Morgan fingerprint density at radius 3 is 2.42 bits per heavy atom. The fourth-order valence-corrected chi connectivity index (χ4v) is 2.07. The molecule has 0 spiro atoms. The van der Waals surface area contributed by atoms with Crippen molar-refractivity contribution in [2.45, 2.75) is 19.6 Å². The molecule has 0 radical (unpaired) electrons. The molecule has 2 rings (SSSR count). The number of cyclic esters (lactones) is 1. The lowest BCUT2D eigenvalue weighted by atomic mass is 10.2. The molecule has 106 valence electrons. The molecule has 1 amide bonds. The molecule has 0 aliphatic carbocycles. The van der Waals surface area contributed by atoms with Crippen LogP contribution >= 0.6 is 0 Å². The Bertz CT molecular complexity index is 410. The van der Waals surface area contributed by atoms with Crippen LogP contribution in [0.1, 0.15) is 13.8 Å². The summed E-state index contributed by atoms with van der Waals surface area (Å²) in [4.78, 5) is 26.0. The van der Waals surface area contributed by atoms with E-state index in [0.29, 0.717) is 26.2 Å². The smallest absolute Gasteiger partial charge is 0.345 e. The van der Waals surface area contributed by atoms with E-state index in [4.69, 9.17) is 9.47 Å². The van der Waals surface area contributed by atoms with Gasteiger partial charge in [0.1, 0.15) is 5.57 Å². The van der Waals surface area contributed by atoms with Crippen molar-refractivity contribution in [2.75, 3.05) is 32.7 Å². The van der Waals surface area contributed by atoms with Gasteiger partial charge in [0, 0.05) is 46.6 Å². The molecular formula is C12H18N2O5. The lowest BCUT2D eigenvalue weighted by Crippen LogP contribution is -2.48. The van der Waals surface area contributed by atoms with Crippen molar-refractivity contribution in [3.63, 3.8) is 0 Å². The fraction of sp³-hybridized carbons (Fsp3) is 0.667. The van der Waals surface area contributed by atoms with Gasteiger partial charge in [0.2, 0.25) is 6.41 Å². The van der Waals surface area contributed by atoms with E-state index >= 15 is 0 Å². The van der Waals surface area contributed by atoms with Gasteiger partial charge in [-0.15, -0.1) is 0 Å². The van der Waals surface area contributed by atoms with Crippen molar-refractivity contribution >= 4 is 12.4 Å². The molecule has 0 atom stereocenters. The summed E-state index contributed by atoms with van der Waals surface area (Å²) in [7, 11) is 0. The molecule has 0 bridgehead atoms. The van der Waals surface area contributed by atoms with E-state index in [-0.39, 0.29) is 18.1 Å². The number of rotatable bonds is 3. The highest BCUT2D eigenvalue weighted by molar-refractivity contribution is 5.90. The number of hydrogen-bond acceptors (Lipinski definition) is 6. The van der Waals surface area contributed by atoms with Gasteiger partial charge in [0.15, 0.2) is 0 Å². The molecule has 0 saturated carbocycles. The molecule has 2 aliphatic rings. The molecule has 1 fully saturated rings. The maximum Gasteiger partial charge on any atom is 0.345 e. The van der Waals surface area contributed by atoms with Crippen LogP contribution < -0.4 is 0 Å². The number of aliphatic hydroxyl groups is 1. The van der Waals surface area contributed by atoms with E-state index in [1.807, 2.05) is 4.90 Å². The van der Waals surface area contributed by atoms with Crippen molar-refractivity contribution in [3.05, 3.63) is 11.5 Å². The number of esters is 1. The van der Waals surface area contributed by atoms with E-state index in [1.54, 1.807) is 18.7 Å². The summed E-state index contributed by atoms with van der Waals surface area (Å²) < 4.78 is 10.2. The first-order chi connectivity index (χ1) is 8.91. The zero-order chi connectivity index (χ0) is 14.0. The van der Waals surface area contributed by atoms with Crippen LogP contribution in [0.4, 0.5) is 0 Å². The number of ether oxygens (including phenoxy) is 2. The van der Waals surface area contributed by atoms with E-state index in [0.717, 1.165) is 6.41 Å². The maximum atomic E-state index is 11.8. The average molecular weight is 270 g/mol. The van der Waals surface area contributed by atoms with Crippen molar-refractivity contribution in [1.29, 1.82) is 0 Å². The standard InChI is InChI=1S/C12H18N2O5/c1-12(2)18-10(16)9(11(17)19-12)7-13-3-5-14(8-15)6-4-13/h8,16H,3-7H2,1-2H3. The van der Waals surface area contributed by atoms with Gasteiger partial charge in [-0.2, -0.15) is 0 Å². The summed E-state index contributed by atoms with van der Waals surface area (Å²) in [5.41, 5.74) is 0.124. The highest BCUT2D eigenvalue weighted by atomic mass is 16.8. The molecule has 1 saturated heterocycles. The van der Waals surface area contributed by atoms with Crippen molar-refractivity contribution in [2.24, 2.45) is 0 Å². The largest absolute Gasteiger partial charge is 0.480 e. The molecule has 2 aliphatic heterocycles. The highest BCUT2D eigenvalue weighted by Crippen LogP contribution is 2.25. The predicted molar refractivity (Wildman–Crippen MR) is 65.0 cm³/mol. The summed E-state index contributed by atoms with van der Waals surface area (Å²) in [6, 6.07) is 0. The van der Waals surface area contributed by atoms with Crippen molar-refractivity contribution in [1.82, 2.24) is 9.80 Å². The highest BCUT2D eigenvalue weighted by Gasteiger charge is 2.37. The predicted octanol–water partition coefficient (Wildman–Crippen LogP) is -0.160. The number of nitrogens with zero attached hydrogens (tertiary/aromatic N) is 2. The molecule has 7 nitrogen and oxygen atoms in total. The third kappa shape index (κ3) is 3.17. The Hall–Kier alpha value is -1.76. The summed E-state index contributed by atoms with van der Waals surface area (Å²) in [6.07, 6.45) is 0.814. The fourth-order valence-electron chi connectivity index (χ4n) is 2.07. The number of carbonyl (C=O) groups is 2. The zero-order valence-corrected chi connectivity index (χ0v) is 11.1. The number of carbonyl (C=O) groups excluding carboxylic acids is 2. The Morgan fingerprint density at radius 1 is 1.26 bits per heavy atom. The van der Waals surface area contributed by atoms with Crippen LogP contribution in [-0.2, 0) is 19.1 Å². The second-order valence-corrected chi connectivity index (χ2v) is 5.09. The van der Waals surface area contributed by atoms with Gasteiger partial charge in [-0.25, -0.2) is 4.79 Å².